The van der Waals surface area contributed by atoms with Crippen LogP contribution in [0, 0.1) is 5.82 Å². The van der Waals surface area contributed by atoms with E-state index in [-0.39, 0.29) is 11.7 Å². The number of nitrogens with one attached hydrogen (secondary N) is 1. The van der Waals surface area contributed by atoms with E-state index in [1.807, 2.05) is 54.6 Å². The van der Waals surface area contributed by atoms with Crippen molar-refractivity contribution < 1.29 is 9.18 Å². The van der Waals surface area contributed by atoms with Crippen LogP contribution < -0.4 is 5.32 Å². The zero-order valence-electron chi connectivity index (χ0n) is 22.0. The van der Waals surface area contributed by atoms with Gasteiger partial charge in [-0.3, -0.25) is 14.7 Å². The van der Waals surface area contributed by atoms with Gasteiger partial charge in [0.05, 0.1) is 11.3 Å². The van der Waals surface area contributed by atoms with E-state index < -0.39 is 0 Å². The van der Waals surface area contributed by atoms with Gasteiger partial charge in [0.15, 0.2) is 0 Å². The number of carbonyl (C=O) groups excluding carboxylic acids is 1. The molecule has 0 saturated carbocycles. The Kier molecular flexibility index (Phi) is 7.58. The highest BCUT2D eigenvalue weighted by Crippen LogP contribution is 2.29. The fourth-order valence-electron chi connectivity index (χ4n) is 5.41. The van der Waals surface area contributed by atoms with Gasteiger partial charge in [0.2, 0.25) is 0 Å². The summed E-state index contributed by atoms with van der Waals surface area (Å²) in [5.41, 5.74) is 5.48. The highest BCUT2D eigenvalue weighted by Gasteiger charge is 2.20. The van der Waals surface area contributed by atoms with E-state index in [2.05, 4.69) is 39.5 Å². The maximum Gasteiger partial charge on any atom is 0.257 e. The van der Waals surface area contributed by atoms with Gasteiger partial charge in [-0.25, -0.2) is 4.39 Å². The lowest BCUT2D eigenvalue weighted by Gasteiger charge is -2.32. The molecule has 6 heteroatoms. The highest BCUT2D eigenvalue weighted by atomic mass is 35.5. The van der Waals surface area contributed by atoms with Crippen molar-refractivity contribution in [3.05, 3.63) is 131 Å². The molecule has 0 unspecified atom stereocenters. The number of hydrogen-bond acceptors (Lipinski definition) is 3. The maximum absolute atomic E-state index is 13.3. The van der Waals surface area contributed by atoms with Crippen molar-refractivity contribution in [2.24, 2.45) is 0 Å². The predicted molar refractivity (Wildman–Crippen MR) is 160 cm³/mol. The van der Waals surface area contributed by atoms with Crippen LogP contribution in [-0.4, -0.2) is 28.9 Å². The van der Waals surface area contributed by atoms with Crippen molar-refractivity contribution in [1.82, 2.24) is 9.88 Å². The number of aromatic nitrogens is 1. The minimum absolute atomic E-state index is 0.176. The van der Waals surface area contributed by atoms with E-state index in [0.717, 1.165) is 60.2 Å². The Morgan fingerprint density at radius 1 is 0.875 bits per heavy atom. The summed E-state index contributed by atoms with van der Waals surface area (Å²) in [6.45, 7) is 2.96. The van der Waals surface area contributed by atoms with E-state index in [1.165, 1.54) is 11.1 Å². The van der Waals surface area contributed by atoms with Gasteiger partial charge in [-0.2, -0.15) is 0 Å². The lowest BCUT2D eigenvalue weighted by Crippen LogP contribution is -2.32. The predicted octanol–water partition coefficient (Wildman–Crippen LogP) is 8.33. The van der Waals surface area contributed by atoms with Gasteiger partial charge in [-0.1, -0.05) is 54.1 Å². The molecule has 2 heterocycles. The van der Waals surface area contributed by atoms with Crippen molar-refractivity contribution in [1.29, 1.82) is 0 Å². The summed E-state index contributed by atoms with van der Waals surface area (Å²) in [4.78, 5) is 19.8. The first kappa shape index (κ1) is 26.2. The fourth-order valence-corrected chi connectivity index (χ4v) is 5.54. The summed E-state index contributed by atoms with van der Waals surface area (Å²) in [7, 11) is 0. The number of anilines is 1. The minimum Gasteiger partial charge on any atom is -0.322 e. The third-order valence-corrected chi connectivity index (χ3v) is 7.92. The second-order valence-electron chi connectivity index (χ2n) is 10.4. The average molecular weight is 550 g/mol. The number of benzene rings is 4. The SMILES string of the molecule is O=C(Nc1ccc2cc(CN3CCC(c4ccc(F)cc4)CC3)ccc2c1)c1ccc(-c2ccc(Cl)cc2)nc1. The normalized spacial score (nSPS) is 14.3. The van der Waals surface area contributed by atoms with Crippen LogP contribution in [0.15, 0.2) is 103 Å². The first-order chi connectivity index (χ1) is 19.5. The Hall–Kier alpha value is -4.06. The minimum atomic E-state index is -0.199. The second-order valence-corrected chi connectivity index (χ2v) is 10.8. The molecule has 4 aromatic carbocycles. The third-order valence-electron chi connectivity index (χ3n) is 7.66. The van der Waals surface area contributed by atoms with Gasteiger partial charge in [-0.05, 0) is 108 Å². The third kappa shape index (κ3) is 6.06. The lowest BCUT2D eigenvalue weighted by atomic mass is 9.89. The number of fused-ring (bicyclic) bond motifs is 1. The van der Waals surface area contributed by atoms with Crippen LogP contribution in [0.4, 0.5) is 10.1 Å². The topological polar surface area (TPSA) is 45.2 Å². The largest absolute Gasteiger partial charge is 0.322 e. The Bertz CT molecular complexity index is 1630. The summed E-state index contributed by atoms with van der Waals surface area (Å²) in [6.07, 6.45) is 3.76. The molecule has 0 atom stereocenters. The van der Waals surface area contributed by atoms with Gasteiger partial charge in [-0.15, -0.1) is 0 Å². The molecule has 1 saturated heterocycles. The van der Waals surface area contributed by atoms with Crippen LogP contribution in [0.25, 0.3) is 22.0 Å². The molecule has 0 radical (unpaired) electrons. The Morgan fingerprint density at radius 2 is 1.60 bits per heavy atom. The molecule has 0 bridgehead atoms. The van der Waals surface area contributed by atoms with Gasteiger partial charge in [0.25, 0.3) is 5.91 Å². The number of pyridine rings is 1. The van der Waals surface area contributed by atoms with Crippen LogP contribution in [0.5, 0.6) is 0 Å². The number of hydrogen-bond donors (Lipinski definition) is 1. The number of likely N-dealkylation sites (tertiary alicyclic amines) is 1. The zero-order chi connectivity index (χ0) is 27.5. The van der Waals surface area contributed by atoms with Crippen molar-refractivity contribution in [2.75, 3.05) is 18.4 Å². The first-order valence-electron chi connectivity index (χ1n) is 13.5. The maximum atomic E-state index is 13.3. The van der Waals surface area contributed by atoms with Crippen LogP contribution in [-0.2, 0) is 6.54 Å². The van der Waals surface area contributed by atoms with Crippen LogP contribution >= 0.6 is 11.6 Å². The second kappa shape index (κ2) is 11.6. The smallest absolute Gasteiger partial charge is 0.257 e. The molecule has 1 N–H and O–H groups in total. The zero-order valence-corrected chi connectivity index (χ0v) is 22.7. The lowest BCUT2D eigenvalue weighted by molar-refractivity contribution is 0.102. The molecule has 40 heavy (non-hydrogen) atoms. The number of halogens is 2. The van der Waals surface area contributed by atoms with Gasteiger partial charge < -0.3 is 5.32 Å². The van der Waals surface area contributed by atoms with Crippen molar-refractivity contribution in [3.63, 3.8) is 0 Å². The number of rotatable bonds is 6. The van der Waals surface area contributed by atoms with E-state index in [1.54, 1.807) is 24.4 Å². The summed E-state index contributed by atoms with van der Waals surface area (Å²) in [5, 5.41) is 5.89. The highest BCUT2D eigenvalue weighted by molar-refractivity contribution is 6.30. The van der Waals surface area contributed by atoms with Crippen molar-refractivity contribution in [2.45, 2.75) is 25.3 Å². The van der Waals surface area contributed by atoms with Crippen molar-refractivity contribution in [3.8, 4) is 11.3 Å². The molecule has 0 spiro atoms. The quantitative estimate of drug-likeness (QED) is 0.231. The summed E-state index contributed by atoms with van der Waals surface area (Å²) >= 11 is 5.97. The van der Waals surface area contributed by atoms with E-state index >= 15 is 0 Å². The summed E-state index contributed by atoms with van der Waals surface area (Å²) in [6, 6.07) is 30.5. The Labute approximate surface area is 238 Å². The molecule has 6 rings (SSSR count). The molecule has 1 aromatic heterocycles. The van der Waals surface area contributed by atoms with E-state index in [4.69, 9.17) is 11.6 Å². The molecular weight excluding hydrogens is 521 g/mol. The van der Waals surface area contributed by atoms with Crippen LogP contribution in [0.1, 0.15) is 40.2 Å². The van der Waals surface area contributed by atoms with E-state index in [0.29, 0.717) is 16.5 Å². The molecule has 200 valence electrons. The average Bonchev–Trinajstić information content (AvgIpc) is 2.98. The molecular formula is C34H29ClFN3O. The standard InChI is InChI=1S/C34H29ClFN3O/c35-30-9-3-26(4-10-30)33-14-8-29(21-37-33)34(40)38-32-13-7-27-19-23(1-2-28(27)20-32)22-39-17-15-25(16-18-39)24-5-11-31(36)12-6-24/h1-14,19-21,25H,15-18,22H2,(H,38,40). The fraction of sp³-hybridized carbons (Fsp3) is 0.176. The van der Waals surface area contributed by atoms with Crippen molar-refractivity contribution >= 4 is 34.0 Å². The summed E-state index contributed by atoms with van der Waals surface area (Å²) in [5.74, 6) is 0.124. The van der Waals surface area contributed by atoms with Gasteiger partial charge in [0, 0.05) is 29.0 Å². The molecule has 1 aliphatic heterocycles. The molecule has 1 fully saturated rings. The van der Waals surface area contributed by atoms with Gasteiger partial charge in [0.1, 0.15) is 5.82 Å². The van der Waals surface area contributed by atoms with Crippen LogP contribution in [0.2, 0.25) is 5.02 Å². The Balaban J connectivity index is 1.06. The molecule has 1 aliphatic rings. The van der Waals surface area contributed by atoms with E-state index in [9.17, 15) is 9.18 Å². The summed E-state index contributed by atoms with van der Waals surface area (Å²) < 4.78 is 13.3. The Morgan fingerprint density at radius 3 is 2.33 bits per heavy atom. The monoisotopic (exact) mass is 549 g/mol. The molecule has 5 aromatic rings. The molecule has 0 aliphatic carbocycles. The molecule has 1 amide bonds. The number of carbonyl (C=O) groups is 1. The molecule has 4 nitrogen and oxygen atoms in total. The van der Waals surface area contributed by atoms with Gasteiger partial charge >= 0.3 is 0 Å². The number of nitrogens with zero attached hydrogens (tertiary/aromatic N) is 2. The van der Waals surface area contributed by atoms with Crippen LogP contribution in [0.3, 0.4) is 0 Å². The number of amides is 1. The number of piperidine rings is 1. The first-order valence-corrected chi connectivity index (χ1v) is 13.9.